The van der Waals surface area contributed by atoms with E-state index in [4.69, 9.17) is 0 Å². The maximum atomic E-state index is 10.6. The van der Waals surface area contributed by atoms with E-state index in [0.717, 1.165) is 6.54 Å². The predicted octanol–water partition coefficient (Wildman–Crippen LogP) is -1.28. The minimum absolute atomic E-state index is 0.0975. The summed E-state index contributed by atoms with van der Waals surface area (Å²) in [5, 5.41) is 13.0. The summed E-state index contributed by atoms with van der Waals surface area (Å²) in [6.45, 7) is 2.45. The van der Waals surface area contributed by atoms with Crippen molar-refractivity contribution in [3.63, 3.8) is 0 Å². The Labute approximate surface area is 78.9 Å². The highest BCUT2D eigenvalue weighted by Gasteiger charge is 2.14. The molecule has 0 aromatic carbocycles. The Kier molecular flexibility index (Phi) is 4.37. The Morgan fingerprint density at radius 3 is 2.85 bits per heavy atom. The predicted molar refractivity (Wildman–Crippen MR) is 48.5 cm³/mol. The van der Waals surface area contributed by atoms with Gasteiger partial charge in [-0.05, 0) is 6.42 Å². The van der Waals surface area contributed by atoms with Gasteiger partial charge in [0, 0.05) is 26.2 Å². The quantitative estimate of drug-likeness (QED) is 0.583. The van der Waals surface area contributed by atoms with Gasteiger partial charge >= 0.3 is 0 Å². The second-order valence-corrected chi connectivity index (χ2v) is 3.88. The van der Waals surface area contributed by atoms with Crippen LogP contribution >= 0.6 is 0 Å². The van der Waals surface area contributed by atoms with Crippen LogP contribution in [0.5, 0.6) is 0 Å². The first-order valence-electron chi connectivity index (χ1n) is 4.23. The van der Waals surface area contributed by atoms with Crippen LogP contribution in [0.4, 0.5) is 0 Å². The third kappa shape index (κ3) is 3.43. The summed E-state index contributed by atoms with van der Waals surface area (Å²) in [7, 11) is -2.14. The third-order valence-electron chi connectivity index (χ3n) is 1.94. The zero-order chi connectivity index (χ0) is 9.68. The van der Waals surface area contributed by atoms with Crippen molar-refractivity contribution in [2.24, 2.45) is 0 Å². The highest BCUT2D eigenvalue weighted by atomic mass is 32.2. The fraction of sp³-hybridized carbons (Fsp3) is 0.857. The van der Waals surface area contributed by atoms with Crippen LogP contribution in [-0.4, -0.2) is 51.1 Å². The first-order chi connectivity index (χ1) is 6.24. The molecule has 0 atom stereocenters. The van der Waals surface area contributed by atoms with Crippen LogP contribution in [0.2, 0.25) is 0 Å². The van der Waals surface area contributed by atoms with Crippen molar-refractivity contribution in [2.75, 3.05) is 32.8 Å². The van der Waals surface area contributed by atoms with Crippen molar-refractivity contribution >= 4 is 15.3 Å². The maximum absolute atomic E-state index is 10.6. The molecule has 0 amide bonds. The number of hydrogen-bond donors (Lipinski definition) is 1. The molecule has 5 nitrogen and oxygen atoms in total. The van der Waals surface area contributed by atoms with Gasteiger partial charge in [0.15, 0.2) is 0 Å². The van der Waals surface area contributed by atoms with Crippen molar-refractivity contribution in [1.29, 1.82) is 0 Å². The average Bonchev–Trinajstić information content (AvgIpc) is 2.15. The Bertz CT molecular complexity index is 278. The van der Waals surface area contributed by atoms with Crippen LogP contribution in [0, 0.1) is 0 Å². The van der Waals surface area contributed by atoms with Crippen LogP contribution < -0.4 is 5.32 Å². The van der Waals surface area contributed by atoms with Crippen LogP contribution in [-0.2, 0) is 15.4 Å². The van der Waals surface area contributed by atoms with Crippen LogP contribution in [0.3, 0.4) is 0 Å². The van der Waals surface area contributed by atoms with E-state index in [-0.39, 0.29) is 6.61 Å². The molecule has 6 heteroatoms. The fourth-order valence-electron chi connectivity index (χ4n) is 1.28. The number of hydrogen-bond acceptors (Lipinski definition) is 3. The van der Waals surface area contributed by atoms with Crippen molar-refractivity contribution in [3.05, 3.63) is 0 Å². The lowest BCUT2D eigenvalue weighted by Gasteiger charge is -2.26. The molecular weight excluding hydrogens is 192 g/mol. The molecule has 75 valence electrons. The molecule has 0 aromatic heterocycles. The number of nitrogens with one attached hydrogen (secondary N) is 1. The molecule has 1 aliphatic rings. The van der Waals surface area contributed by atoms with E-state index in [9.17, 15) is 13.5 Å². The van der Waals surface area contributed by atoms with E-state index < -0.39 is 10.3 Å². The highest BCUT2D eigenvalue weighted by Crippen LogP contribution is 1.95. The molecule has 0 bridgehead atoms. The lowest BCUT2D eigenvalue weighted by atomic mass is 10.3. The number of piperazine rings is 1. The monoisotopic (exact) mass is 205 g/mol. The lowest BCUT2D eigenvalue weighted by Crippen LogP contribution is -2.48. The molecule has 1 aliphatic heterocycles. The minimum atomic E-state index is -2.14. The van der Waals surface area contributed by atoms with Gasteiger partial charge in [0.1, 0.15) is 4.99 Å². The van der Waals surface area contributed by atoms with E-state index in [1.807, 2.05) is 4.90 Å². The number of rotatable bonds is 3. The summed E-state index contributed by atoms with van der Waals surface area (Å²) >= 11 is 0. The second kappa shape index (κ2) is 5.33. The van der Waals surface area contributed by atoms with E-state index in [0.29, 0.717) is 31.0 Å². The summed E-state index contributed by atoms with van der Waals surface area (Å²) in [6.07, 6.45) is 0.582. The van der Waals surface area contributed by atoms with Crippen molar-refractivity contribution in [1.82, 2.24) is 10.2 Å². The highest BCUT2D eigenvalue weighted by molar-refractivity contribution is 7.72. The Morgan fingerprint density at radius 1 is 1.46 bits per heavy atom. The summed E-state index contributed by atoms with van der Waals surface area (Å²) in [6, 6.07) is 0. The SMILES string of the molecule is [O]CCCN1CCNC(=S(=O)=O)C1. The van der Waals surface area contributed by atoms with Gasteiger partial charge in [0.2, 0.25) is 10.3 Å². The van der Waals surface area contributed by atoms with Gasteiger partial charge in [0.25, 0.3) is 0 Å². The van der Waals surface area contributed by atoms with E-state index >= 15 is 0 Å². The summed E-state index contributed by atoms with van der Waals surface area (Å²) < 4.78 is 21.2. The standard InChI is InChI=1S/C7H13N2O3S/c10-5-1-3-9-4-2-8-7(6-9)13(11)12/h8H,1-6H2. The Morgan fingerprint density at radius 2 is 2.23 bits per heavy atom. The Balaban J connectivity index is 2.47. The Hall–Kier alpha value is -0.430. The van der Waals surface area contributed by atoms with Gasteiger partial charge in [-0.15, -0.1) is 0 Å². The van der Waals surface area contributed by atoms with Crippen LogP contribution in [0.15, 0.2) is 0 Å². The van der Waals surface area contributed by atoms with Crippen molar-refractivity contribution in [3.8, 4) is 0 Å². The van der Waals surface area contributed by atoms with E-state index in [1.54, 1.807) is 0 Å². The molecule has 1 N–H and O–H groups in total. The zero-order valence-corrected chi connectivity index (χ0v) is 8.14. The lowest BCUT2D eigenvalue weighted by molar-refractivity contribution is 0.169. The minimum Gasteiger partial charge on any atom is -0.296 e. The fourth-order valence-corrected chi connectivity index (χ4v) is 1.79. The molecule has 1 rings (SSSR count). The van der Waals surface area contributed by atoms with Gasteiger partial charge in [0.05, 0.1) is 6.61 Å². The second-order valence-electron chi connectivity index (χ2n) is 2.92. The van der Waals surface area contributed by atoms with Gasteiger partial charge in [-0.1, -0.05) is 0 Å². The molecule has 1 heterocycles. The van der Waals surface area contributed by atoms with Gasteiger partial charge in [-0.2, -0.15) is 8.42 Å². The smallest absolute Gasteiger partial charge is 0.229 e. The molecule has 1 fully saturated rings. The zero-order valence-electron chi connectivity index (χ0n) is 7.32. The molecule has 0 spiro atoms. The van der Waals surface area contributed by atoms with Crippen LogP contribution in [0.25, 0.3) is 0 Å². The molecule has 0 aliphatic carbocycles. The van der Waals surface area contributed by atoms with Crippen LogP contribution in [0.1, 0.15) is 6.42 Å². The summed E-state index contributed by atoms with van der Waals surface area (Å²) in [4.78, 5) is 2.30. The summed E-state index contributed by atoms with van der Waals surface area (Å²) in [5.41, 5.74) is 0. The normalized spacial score (nSPS) is 19.0. The first-order valence-corrected chi connectivity index (χ1v) is 5.31. The third-order valence-corrected chi connectivity index (χ3v) is 2.61. The van der Waals surface area contributed by atoms with E-state index in [1.165, 1.54) is 0 Å². The maximum Gasteiger partial charge on any atom is 0.229 e. The van der Waals surface area contributed by atoms with Gasteiger partial charge < -0.3 is 0 Å². The molecule has 0 unspecified atom stereocenters. The topological polar surface area (TPSA) is 69.3 Å². The molecule has 1 saturated heterocycles. The molecule has 13 heavy (non-hydrogen) atoms. The number of nitrogens with zero attached hydrogens (tertiary/aromatic N) is 1. The van der Waals surface area contributed by atoms with E-state index in [2.05, 4.69) is 5.32 Å². The molecule has 0 saturated carbocycles. The molecule has 1 radical (unpaired) electrons. The van der Waals surface area contributed by atoms with Crippen molar-refractivity contribution in [2.45, 2.75) is 6.42 Å². The van der Waals surface area contributed by atoms with Gasteiger partial charge in [-0.25, -0.2) is 5.11 Å². The average molecular weight is 205 g/mol. The largest absolute Gasteiger partial charge is 0.296 e. The summed E-state index contributed by atoms with van der Waals surface area (Å²) in [5.74, 6) is 0. The van der Waals surface area contributed by atoms with Gasteiger partial charge in [-0.3, -0.25) is 10.2 Å². The van der Waals surface area contributed by atoms with Crippen molar-refractivity contribution < 1.29 is 13.5 Å². The molecule has 0 aromatic rings. The molecular formula is C7H13N2O3S. The first kappa shape index (κ1) is 10.6.